The Morgan fingerprint density at radius 1 is 1.37 bits per heavy atom. The minimum atomic E-state index is 0.0391. The van der Waals surface area contributed by atoms with E-state index in [-0.39, 0.29) is 12.2 Å². The van der Waals surface area contributed by atoms with E-state index in [9.17, 15) is 4.79 Å². The zero-order chi connectivity index (χ0) is 13.8. The van der Waals surface area contributed by atoms with E-state index in [4.69, 9.17) is 4.74 Å². The third kappa shape index (κ3) is 3.48. The predicted molar refractivity (Wildman–Crippen MR) is 75.7 cm³/mol. The molecule has 0 aliphatic carbocycles. The Morgan fingerprint density at radius 3 is 2.63 bits per heavy atom. The fraction of sp³-hybridized carbons (Fsp3) is 0.933. The normalized spacial score (nSPS) is 29.5. The summed E-state index contributed by atoms with van der Waals surface area (Å²) in [5.74, 6) is 1.39. The van der Waals surface area contributed by atoms with Crippen LogP contribution in [0.1, 0.15) is 46.5 Å². The van der Waals surface area contributed by atoms with Crippen LogP contribution < -0.4 is 5.32 Å². The maximum atomic E-state index is 12.5. The molecule has 2 unspecified atom stereocenters. The van der Waals surface area contributed by atoms with E-state index >= 15 is 0 Å². The van der Waals surface area contributed by atoms with E-state index in [1.807, 2.05) is 0 Å². The molecular weight excluding hydrogens is 240 g/mol. The van der Waals surface area contributed by atoms with Crippen molar-refractivity contribution in [3.8, 4) is 0 Å². The van der Waals surface area contributed by atoms with Gasteiger partial charge in [0, 0.05) is 19.8 Å². The minimum absolute atomic E-state index is 0.0391. The second-order valence-corrected chi connectivity index (χ2v) is 6.24. The van der Waals surface area contributed by atoms with Crippen LogP contribution in [0.15, 0.2) is 0 Å². The Bertz CT molecular complexity index is 301. The number of nitrogens with zero attached hydrogens (tertiary/aromatic N) is 1. The number of carbonyl (C=O) groups excluding carboxylic acids is 1. The van der Waals surface area contributed by atoms with E-state index in [2.05, 4.69) is 31.0 Å². The van der Waals surface area contributed by atoms with Gasteiger partial charge < -0.3 is 9.64 Å². The summed E-state index contributed by atoms with van der Waals surface area (Å²) in [6, 6.07) is 0.0391. The zero-order valence-electron chi connectivity index (χ0n) is 12.5. The SMILES string of the molecule is CCCC1NC(C(C)C)N(CC2CCOCC2)C1=O. The monoisotopic (exact) mass is 268 g/mol. The molecule has 0 aromatic carbocycles. The van der Waals surface area contributed by atoms with E-state index in [0.717, 1.165) is 45.4 Å². The molecule has 2 heterocycles. The Labute approximate surface area is 116 Å². The first-order chi connectivity index (χ1) is 9.13. The lowest BCUT2D eigenvalue weighted by Crippen LogP contribution is -2.44. The highest BCUT2D eigenvalue weighted by Gasteiger charge is 2.40. The van der Waals surface area contributed by atoms with Crippen molar-refractivity contribution in [2.75, 3.05) is 19.8 Å². The first kappa shape index (κ1) is 14.8. The van der Waals surface area contributed by atoms with Crippen molar-refractivity contribution in [2.45, 2.75) is 58.7 Å². The van der Waals surface area contributed by atoms with Crippen LogP contribution in [0.2, 0.25) is 0 Å². The van der Waals surface area contributed by atoms with Gasteiger partial charge in [-0.3, -0.25) is 10.1 Å². The lowest BCUT2D eigenvalue weighted by Gasteiger charge is -2.32. The molecule has 0 radical (unpaired) electrons. The van der Waals surface area contributed by atoms with Crippen LogP contribution in [0.4, 0.5) is 0 Å². The van der Waals surface area contributed by atoms with E-state index in [1.54, 1.807) is 0 Å². The van der Waals surface area contributed by atoms with Crippen LogP contribution in [-0.4, -0.2) is 42.8 Å². The summed E-state index contributed by atoms with van der Waals surface area (Å²) in [5.41, 5.74) is 0. The third-order valence-corrected chi connectivity index (χ3v) is 4.29. The van der Waals surface area contributed by atoms with E-state index in [0.29, 0.717) is 17.7 Å². The van der Waals surface area contributed by atoms with Crippen LogP contribution in [0.3, 0.4) is 0 Å². The molecule has 4 heteroatoms. The highest BCUT2D eigenvalue weighted by atomic mass is 16.5. The predicted octanol–water partition coefficient (Wildman–Crippen LogP) is 2.00. The Balaban J connectivity index is 1.99. The molecule has 0 saturated carbocycles. The van der Waals surface area contributed by atoms with Crippen molar-refractivity contribution >= 4 is 5.91 Å². The first-order valence-corrected chi connectivity index (χ1v) is 7.77. The smallest absolute Gasteiger partial charge is 0.241 e. The second kappa shape index (κ2) is 6.71. The molecule has 0 aromatic rings. The van der Waals surface area contributed by atoms with E-state index < -0.39 is 0 Å². The molecule has 110 valence electrons. The molecule has 1 amide bonds. The molecule has 1 N–H and O–H groups in total. The van der Waals surface area contributed by atoms with Gasteiger partial charge in [-0.2, -0.15) is 0 Å². The van der Waals surface area contributed by atoms with E-state index in [1.165, 1.54) is 0 Å². The Morgan fingerprint density at radius 2 is 2.05 bits per heavy atom. The molecule has 0 aromatic heterocycles. The molecule has 2 saturated heterocycles. The quantitative estimate of drug-likeness (QED) is 0.829. The second-order valence-electron chi connectivity index (χ2n) is 6.24. The van der Waals surface area contributed by atoms with Crippen molar-refractivity contribution in [3.05, 3.63) is 0 Å². The number of hydrogen-bond acceptors (Lipinski definition) is 3. The van der Waals surface area contributed by atoms with Gasteiger partial charge in [-0.15, -0.1) is 0 Å². The van der Waals surface area contributed by atoms with Gasteiger partial charge in [0.25, 0.3) is 0 Å². The number of hydrogen-bond donors (Lipinski definition) is 1. The maximum absolute atomic E-state index is 12.5. The van der Waals surface area contributed by atoms with Crippen LogP contribution >= 0.6 is 0 Å². The maximum Gasteiger partial charge on any atom is 0.241 e. The molecule has 0 bridgehead atoms. The van der Waals surface area contributed by atoms with Gasteiger partial charge >= 0.3 is 0 Å². The van der Waals surface area contributed by atoms with Crippen molar-refractivity contribution in [1.29, 1.82) is 0 Å². The van der Waals surface area contributed by atoms with Crippen molar-refractivity contribution in [3.63, 3.8) is 0 Å². The van der Waals surface area contributed by atoms with Gasteiger partial charge in [-0.25, -0.2) is 0 Å². The Hall–Kier alpha value is -0.610. The summed E-state index contributed by atoms with van der Waals surface area (Å²) in [4.78, 5) is 14.6. The molecule has 2 fully saturated rings. The lowest BCUT2D eigenvalue weighted by molar-refractivity contribution is -0.131. The van der Waals surface area contributed by atoms with Gasteiger partial charge in [0.1, 0.15) is 0 Å². The summed E-state index contributed by atoms with van der Waals surface area (Å²) >= 11 is 0. The van der Waals surface area contributed by atoms with Gasteiger partial charge in [0.15, 0.2) is 0 Å². The molecule has 19 heavy (non-hydrogen) atoms. The van der Waals surface area contributed by atoms with Gasteiger partial charge in [-0.05, 0) is 31.1 Å². The van der Waals surface area contributed by atoms with Gasteiger partial charge in [-0.1, -0.05) is 27.2 Å². The number of amides is 1. The summed E-state index contributed by atoms with van der Waals surface area (Å²) in [6.45, 7) is 9.13. The zero-order valence-corrected chi connectivity index (χ0v) is 12.5. The number of nitrogens with one attached hydrogen (secondary N) is 1. The van der Waals surface area contributed by atoms with Crippen molar-refractivity contribution < 1.29 is 9.53 Å². The highest BCUT2D eigenvalue weighted by molar-refractivity contribution is 5.84. The fourth-order valence-corrected chi connectivity index (χ4v) is 3.16. The standard InChI is InChI=1S/C15H28N2O2/c1-4-5-13-15(18)17(14(16-13)11(2)3)10-12-6-8-19-9-7-12/h11-14,16H,4-10H2,1-3H3. The minimum Gasteiger partial charge on any atom is -0.381 e. The fourth-order valence-electron chi connectivity index (χ4n) is 3.16. The van der Waals surface area contributed by atoms with Gasteiger partial charge in [0.2, 0.25) is 5.91 Å². The average molecular weight is 268 g/mol. The van der Waals surface area contributed by atoms with Crippen LogP contribution in [0, 0.1) is 11.8 Å². The number of ether oxygens (including phenoxy) is 1. The Kier molecular flexibility index (Phi) is 5.22. The molecule has 0 spiro atoms. The topological polar surface area (TPSA) is 41.6 Å². The summed E-state index contributed by atoms with van der Waals surface area (Å²) < 4.78 is 5.41. The largest absolute Gasteiger partial charge is 0.381 e. The van der Waals surface area contributed by atoms with Crippen LogP contribution in [-0.2, 0) is 9.53 Å². The number of rotatable bonds is 5. The summed E-state index contributed by atoms with van der Waals surface area (Å²) in [7, 11) is 0. The van der Waals surface area contributed by atoms with Crippen LogP contribution in [0.5, 0.6) is 0 Å². The molecule has 2 atom stereocenters. The number of carbonyl (C=O) groups is 1. The molecule has 4 nitrogen and oxygen atoms in total. The first-order valence-electron chi connectivity index (χ1n) is 7.77. The van der Waals surface area contributed by atoms with Gasteiger partial charge in [0.05, 0.1) is 12.2 Å². The summed E-state index contributed by atoms with van der Waals surface area (Å²) in [6.07, 6.45) is 4.40. The highest BCUT2D eigenvalue weighted by Crippen LogP contribution is 2.24. The molecule has 2 rings (SSSR count). The third-order valence-electron chi connectivity index (χ3n) is 4.29. The molecular formula is C15H28N2O2. The van der Waals surface area contributed by atoms with Crippen molar-refractivity contribution in [1.82, 2.24) is 10.2 Å². The average Bonchev–Trinajstić information content (AvgIpc) is 2.70. The van der Waals surface area contributed by atoms with Crippen LogP contribution in [0.25, 0.3) is 0 Å². The lowest BCUT2D eigenvalue weighted by atomic mass is 9.98. The summed E-state index contributed by atoms with van der Waals surface area (Å²) in [5, 5.41) is 3.53. The molecule has 2 aliphatic heterocycles. The van der Waals surface area contributed by atoms with Crippen molar-refractivity contribution in [2.24, 2.45) is 11.8 Å². The molecule has 2 aliphatic rings.